The SMILES string of the molecule is CC(=O)Nc1ccc(S(=O)(=O)N[C@](C)(C#N)C(C)C)cc1. The Balaban J connectivity index is 3.04. The van der Waals surface area contributed by atoms with Gasteiger partial charge in [-0.1, -0.05) is 13.8 Å². The number of sulfonamides is 1. The summed E-state index contributed by atoms with van der Waals surface area (Å²) in [5.41, 5.74) is -0.678. The topological polar surface area (TPSA) is 99.1 Å². The van der Waals surface area contributed by atoms with Crippen LogP contribution in [-0.4, -0.2) is 19.9 Å². The van der Waals surface area contributed by atoms with E-state index in [1.54, 1.807) is 20.8 Å². The predicted molar refractivity (Wildman–Crippen MR) is 79.9 cm³/mol. The molecule has 6 nitrogen and oxygen atoms in total. The zero-order chi connectivity index (χ0) is 16.3. The summed E-state index contributed by atoms with van der Waals surface area (Å²) < 4.78 is 27.0. The molecule has 0 unspecified atom stereocenters. The molecule has 7 heteroatoms. The zero-order valence-corrected chi connectivity index (χ0v) is 13.3. The number of hydrogen-bond acceptors (Lipinski definition) is 4. The second-order valence-electron chi connectivity index (χ2n) is 5.28. The predicted octanol–water partition coefficient (Wildman–Crippen LogP) is 1.86. The average Bonchev–Trinajstić information content (AvgIpc) is 2.37. The third kappa shape index (κ3) is 4.28. The lowest BCUT2D eigenvalue weighted by atomic mass is 9.92. The van der Waals surface area contributed by atoms with Gasteiger partial charge in [-0.15, -0.1) is 0 Å². The van der Waals surface area contributed by atoms with E-state index >= 15 is 0 Å². The van der Waals surface area contributed by atoms with Gasteiger partial charge in [0.2, 0.25) is 15.9 Å². The van der Waals surface area contributed by atoms with E-state index in [9.17, 15) is 18.5 Å². The first-order chi connectivity index (χ1) is 9.60. The summed E-state index contributed by atoms with van der Waals surface area (Å²) in [5, 5.41) is 11.7. The second kappa shape index (κ2) is 6.24. The monoisotopic (exact) mass is 309 g/mol. The molecule has 2 N–H and O–H groups in total. The minimum Gasteiger partial charge on any atom is -0.326 e. The molecule has 1 atom stereocenters. The maximum atomic E-state index is 12.3. The normalized spacial score (nSPS) is 14.3. The van der Waals surface area contributed by atoms with Crippen molar-refractivity contribution >= 4 is 21.6 Å². The van der Waals surface area contributed by atoms with E-state index in [2.05, 4.69) is 10.0 Å². The molecule has 1 rings (SSSR count). The van der Waals surface area contributed by atoms with Gasteiger partial charge >= 0.3 is 0 Å². The van der Waals surface area contributed by atoms with Gasteiger partial charge in [-0.25, -0.2) is 8.42 Å². The smallest absolute Gasteiger partial charge is 0.241 e. The number of carbonyl (C=O) groups is 1. The summed E-state index contributed by atoms with van der Waals surface area (Å²) in [5.74, 6) is -0.420. The Morgan fingerprint density at radius 3 is 2.19 bits per heavy atom. The molecule has 0 fully saturated rings. The summed E-state index contributed by atoms with van der Waals surface area (Å²) >= 11 is 0. The second-order valence-corrected chi connectivity index (χ2v) is 6.96. The van der Waals surface area contributed by atoms with E-state index in [1.165, 1.54) is 31.2 Å². The molecule has 0 aliphatic carbocycles. The molecular weight excluding hydrogens is 290 g/mol. The maximum absolute atomic E-state index is 12.3. The number of amides is 1. The molecule has 0 aromatic heterocycles. The molecule has 114 valence electrons. The van der Waals surface area contributed by atoms with Crippen LogP contribution >= 0.6 is 0 Å². The van der Waals surface area contributed by atoms with Crippen LogP contribution in [0.2, 0.25) is 0 Å². The summed E-state index contributed by atoms with van der Waals surface area (Å²) in [6, 6.07) is 7.75. The van der Waals surface area contributed by atoms with E-state index in [0.717, 1.165) is 0 Å². The van der Waals surface area contributed by atoms with Crippen molar-refractivity contribution in [1.82, 2.24) is 4.72 Å². The maximum Gasteiger partial charge on any atom is 0.241 e. The Morgan fingerprint density at radius 2 is 1.81 bits per heavy atom. The van der Waals surface area contributed by atoms with Gasteiger partial charge in [0.1, 0.15) is 5.54 Å². The van der Waals surface area contributed by atoms with E-state index < -0.39 is 15.6 Å². The van der Waals surface area contributed by atoms with Crippen molar-refractivity contribution in [1.29, 1.82) is 5.26 Å². The summed E-state index contributed by atoms with van der Waals surface area (Å²) in [7, 11) is -3.81. The van der Waals surface area contributed by atoms with Gasteiger partial charge in [0.15, 0.2) is 0 Å². The molecule has 0 spiro atoms. The lowest BCUT2D eigenvalue weighted by Crippen LogP contribution is -2.48. The van der Waals surface area contributed by atoms with Crippen LogP contribution in [0, 0.1) is 17.2 Å². The number of hydrogen-bond donors (Lipinski definition) is 2. The molecule has 1 aromatic rings. The van der Waals surface area contributed by atoms with Gasteiger partial charge in [0.05, 0.1) is 11.0 Å². The van der Waals surface area contributed by atoms with Crippen molar-refractivity contribution in [3.8, 4) is 6.07 Å². The molecule has 0 bridgehead atoms. The standard InChI is InChI=1S/C14H19N3O3S/c1-10(2)14(4,9-15)17-21(19,20)13-7-5-12(6-8-13)16-11(3)18/h5-8,10,17H,1-4H3,(H,16,18)/t14-/m1/s1. The van der Waals surface area contributed by atoms with Gasteiger partial charge in [0.25, 0.3) is 0 Å². The first kappa shape index (κ1) is 17.1. The van der Waals surface area contributed by atoms with Crippen molar-refractivity contribution in [2.45, 2.75) is 38.1 Å². The van der Waals surface area contributed by atoms with Crippen LogP contribution in [0.25, 0.3) is 0 Å². The van der Waals surface area contributed by atoms with Gasteiger partial charge in [-0.05, 0) is 37.1 Å². The molecule has 21 heavy (non-hydrogen) atoms. The Hall–Kier alpha value is -1.91. The Kier molecular flexibility index (Phi) is 5.10. The van der Waals surface area contributed by atoms with Crippen LogP contribution in [0.15, 0.2) is 29.2 Å². The molecular formula is C14H19N3O3S. The number of rotatable bonds is 5. The highest BCUT2D eigenvalue weighted by atomic mass is 32.2. The van der Waals surface area contributed by atoms with Crippen LogP contribution in [0.4, 0.5) is 5.69 Å². The molecule has 0 heterocycles. The van der Waals surface area contributed by atoms with Crippen LogP contribution < -0.4 is 10.0 Å². The average molecular weight is 309 g/mol. The van der Waals surface area contributed by atoms with E-state index in [4.69, 9.17) is 0 Å². The largest absolute Gasteiger partial charge is 0.326 e. The highest BCUT2D eigenvalue weighted by molar-refractivity contribution is 7.89. The third-order valence-corrected chi connectivity index (χ3v) is 4.80. The van der Waals surface area contributed by atoms with Crippen molar-refractivity contribution in [2.24, 2.45) is 5.92 Å². The van der Waals surface area contributed by atoms with Crippen molar-refractivity contribution in [3.05, 3.63) is 24.3 Å². The Bertz CT molecular complexity index is 660. The van der Waals surface area contributed by atoms with Crippen molar-refractivity contribution in [2.75, 3.05) is 5.32 Å². The van der Waals surface area contributed by atoms with Crippen molar-refractivity contribution < 1.29 is 13.2 Å². The van der Waals surface area contributed by atoms with Gasteiger partial charge in [-0.3, -0.25) is 4.79 Å². The third-order valence-electron chi connectivity index (χ3n) is 3.22. The van der Waals surface area contributed by atoms with Crippen molar-refractivity contribution in [3.63, 3.8) is 0 Å². The summed E-state index contributed by atoms with van der Waals surface area (Å²) in [4.78, 5) is 11.0. The van der Waals surface area contributed by atoms with Gasteiger partial charge < -0.3 is 5.32 Å². The van der Waals surface area contributed by atoms with E-state index in [-0.39, 0.29) is 16.7 Å². The molecule has 0 radical (unpaired) electrons. The fourth-order valence-electron chi connectivity index (χ4n) is 1.53. The molecule has 0 saturated carbocycles. The van der Waals surface area contributed by atoms with Crippen LogP contribution in [-0.2, 0) is 14.8 Å². The van der Waals surface area contributed by atoms with E-state index in [1.807, 2.05) is 6.07 Å². The highest BCUT2D eigenvalue weighted by Crippen LogP contribution is 2.20. The van der Waals surface area contributed by atoms with Gasteiger partial charge in [0, 0.05) is 12.6 Å². The summed E-state index contributed by atoms with van der Waals surface area (Å²) in [6.45, 7) is 6.45. The molecule has 0 aliphatic rings. The first-order valence-electron chi connectivity index (χ1n) is 6.43. The van der Waals surface area contributed by atoms with Crippen LogP contribution in [0.3, 0.4) is 0 Å². The number of benzene rings is 1. The Labute approximate surface area is 125 Å². The Morgan fingerprint density at radius 1 is 1.29 bits per heavy atom. The number of carbonyl (C=O) groups excluding carboxylic acids is 1. The number of nitrogens with one attached hydrogen (secondary N) is 2. The summed E-state index contributed by atoms with van der Waals surface area (Å²) in [6.07, 6.45) is 0. The number of anilines is 1. The molecule has 0 saturated heterocycles. The van der Waals surface area contributed by atoms with Crippen LogP contribution in [0.5, 0.6) is 0 Å². The lowest BCUT2D eigenvalue weighted by molar-refractivity contribution is -0.114. The number of nitriles is 1. The fourth-order valence-corrected chi connectivity index (χ4v) is 2.98. The molecule has 1 amide bonds. The minimum atomic E-state index is -3.81. The highest BCUT2D eigenvalue weighted by Gasteiger charge is 2.33. The zero-order valence-electron chi connectivity index (χ0n) is 12.5. The minimum absolute atomic E-state index is 0.0405. The van der Waals surface area contributed by atoms with Gasteiger partial charge in [-0.2, -0.15) is 9.98 Å². The number of nitrogens with zero attached hydrogens (tertiary/aromatic N) is 1. The first-order valence-corrected chi connectivity index (χ1v) is 7.92. The molecule has 0 aliphatic heterocycles. The van der Waals surface area contributed by atoms with E-state index in [0.29, 0.717) is 5.69 Å². The quantitative estimate of drug-likeness (QED) is 0.867. The van der Waals surface area contributed by atoms with Crippen LogP contribution in [0.1, 0.15) is 27.7 Å². The lowest BCUT2D eigenvalue weighted by Gasteiger charge is -2.26. The fraction of sp³-hybridized carbons (Fsp3) is 0.429. The molecule has 1 aromatic carbocycles.